The summed E-state index contributed by atoms with van der Waals surface area (Å²) in [7, 11) is 0. The molecule has 0 saturated carbocycles. The first-order chi connectivity index (χ1) is 3.50. The molecule has 0 spiro atoms. The SMILES string of the molecule is CC(C)(CO)C(S)S. The zero-order valence-electron chi connectivity index (χ0n) is 5.13. The predicted molar refractivity (Wildman–Crippen MR) is 42.6 cm³/mol. The van der Waals surface area contributed by atoms with Crippen molar-refractivity contribution in [2.75, 3.05) is 6.61 Å². The fourth-order valence-electron chi connectivity index (χ4n) is 0.0816. The molecule has 0 fully saturated rings. The van der Waals surface area contributed by atoms with E-state index in [1.165, 1.54) is 0 Å². The maximum atomic E-state index is 8.67. The number of aliphatic hydroxyl groups is 1. The smallest absolute Gasteiger partial charge is 0.0515 e. The van der Waals surface area contributed by atoms with E-state index in [0.717, 1.165) is 0 Å². The van der Waals surface area contributed by atoms with Crippen LogP contribution in [0.3, 0.4) is 0 Å². The van der Waals surface area contributed by atoms with Gasteiger partial charge in [-0.25, -0.2) is 0 Å². The van der Waals surface area contributed by atoms with E-state index in [9.17, 15) is 0 Å². The lowest BCUT2D eigenvalue weighted by molar-refractivity contribution is 0.175. The molecular formula is C5H12OS2. The number of hydrogen-bond acceptors (Lipinski definition) is 3. The average Bonchev–Trinajstić information content (AvgIpc) is 1.67. The number of aliphatic hydroxyl groups excluding tert-OH is 1. The van der Waals surface area contributed by atoms with Crippen LogP contribution in [0.25, 0.3) is 0 Å². The molecule has 0 unspecified atom stereocenters. The second kappa shape index (κ2) is 2.99. The van der Waals surface area contributed by atoms with E-state index >= 15 is 0 Å². The second-order valence-corrected chi connectivity index (χ2v) is 3.96. The Morgan fingerprint density at radius 2 is 1.88 bits per heavy atom. The Kier molecular flexibility index (Phi) is 3.24. The van der Waals surface area contributed by atoms with E-state index in [-0.39, 0.29) is 16.6 Å². The maximum Gasteiger partial charge on any atom is 0.0515 e. The first-order valence-electron chi connectivity index (χ1n) is 2.47. The summed E-state index contributed by atoms with van der Waals surface area (Å²) in [6, 6.07) is 0. The topological polar surface area (TPSA) is 20.2 Å². The summed E-state index contributed by atoms with van der Waals surface area (Å²) in [5.41, 5.74) is -0.174. The average molecular weight is 152 g/mol. The second-order valence-electron chi connectivity index (χ2n) is 2.52. The minimum Gasteiger partial charge on any atom is -0.396 e. The summed E-state index contributed by atoms with van der Waals surface area (Å²) in [6.07, 6.45) is 0. The molecule has 0 bridgehead atoms. The van der Waals surface area contributed by atoms with Gasteiger partial charge in [0.25, 0.3) is 0 Å². The Balaban J connectivity index is 3.71. The Morgan fingerprint density at radius 3 is 1.88 bits per heavy atom. The van der Waals surface area contributed by atoms with E-state index in [1.54, 1.807) is 0 Å². The van der Waals surface area contributed by atoms with Crippen LogP contribution in [-0.2, 0) is 0 Å². The highest BCUT2D eigenvalue weighted by Gasteiger charge is 2.21. The van der Waals surface area contributed by atoms with Gasteiger partial charge >= 0.3 is 0 Å². The van der Waals surface area contributed by atoms with Gasteiger partial charge in [0, 0.05) is 5.41 Å². The molecule has 0 aromatic carbocycles. The van der Waals surface area contributed by atoms with Crippen molar-refractivity contribution in [2.45, 2.75) is 18.4 Å². The molecule has 0 aromatic rings. The van der Waals surface area contributed by atoms with Crippen molar-refractivity contribution in [3.8, 4) is 0 Å². The largest absolute Gasteiger partial charge is 0.396 e. The molecule has 0 aliphatic rings. The summed E-state index contributed by atoms with van der Waals surface area (Å²) in [4.78, 5) is 0. The van der Waals surface area contributed by atoms with Crippen LogP contribution in [0.5, 0.6) is 0 Å². The highest BCUT2D eigenvalue weighted by molar-refractivity contribution is 7.99. The molecule has 0 atom stereocenters. The third kappa shape index (κ3) is 2.29. The van der Waals surface area contributed by atoms with Gasteiger partial charge in [0.1, 0.15) is 0 Å². The summed E-state index contributed by atoms with van der Waals surface area (Å²) < 4.78 is -0.0486. The van der Waals surface area contributed by atoms with E-state index in [4.69, 9.17) is 5.11 Å². The van der Waals surface area contributed by atoms with Gasteiger partial charge in [-0.3, -0.25) is 0 Å². The van der Waals surface area contributed by atoms with E-state index < -0.39 is 0 Å². The van der Waals surface area contributed by atoms with E-state index in [2.05, 4.69) is 25.3 Å². The van der Waals surface area contributed by atoms with E-state index in [0.29, 0.717) is 0 Å². The number of rotatable bonds is 2. The Hall–Kier alpha value is 0.660. The molecule has 0 saturated heterocycles. The van der Waals surface area contributed by atoms with Gasteiger partial charge in [0.2, 0.25) is 0 Å². The molecule has 0 aliphatic heterocycles. The van der Waals surface area contributed by atoms with Crippen LogP contribution in [0.4, 0.5) is 0 Å². The van der Waals surface area contributed by atoms with Gasteiger partial charge in [-0.15, -0.1) is 0 Å². The summed E-state index contributed by atoms with van der Waals surface area (Å²) in [6.45, 7) is 3.96. The van der Waals surface area contributed by atoms with Gasteiger partial charge in [-0.2, -0.15) is 25.3 Å². The molecule has 0 aromatic heterocycles. The first-order valence-corrected chi connectivity index (χ1v) is 3.51. The molecule has 0 radical (unpaired) electrons. The van der Waals surface area contributed by atoms with Crippen molar-refractivity contribution >= 4 is 25.3 Å². The van der Waals surface area contributed by atoms with Gasteiger partial charge in [-0.1, -0.05) is 13.8 Å². The number of thiol groups is 2. The van der Waals surface area contributed by atoms with Crippen LogP contribution >= 0.6 is 25.3 Å². The highest BCUT2D eigenvalue weighted by atomic mass is 32.2. The van der Waals surface area contributed by atoms with Crippen LogP contribution < -0.4 is 0 Å². The van der Waals surface area contributed by atoms with Crippen molar-refractivity contribution < 1.29 is 5.11 Å². The van der Waals surface area contributed by atoms with E-state index in [1.807, 2.05) is 13.8 Å². The normalized spacial score (nSPS) is 12.8. The lowest BCUT2D eigenvalue weighted by Gasteiger charge is -2.24. The minimum atomic E-state index is -0.174. The van der Waals surface area contributed by atoms with Crippen LogP contribution in [0, 0.1) is 5.41 Å². The quantitative estimate of drug-likeness (QED) is 0.401. The first kappa shape index (κ1) is 8.66. The zero-order valence-corrected chi connectivity index (χ0v) is 6.91. The summed E-state index contributed by atoms with van der Waals surface area (Å²) >= 11 is 8.13. The molecule has 50 valence electrons. The van der Waals surface area contributed by atoms with Gasteiger partial charge < -0.3 is 5.11 Å². The van der Waals surface area contributed by atoms with Crippen molar-refractivity contribution in [3.05, 3.63) is 0 Å². The van der Waals surface area contributed by atoms with Crippen molar-refractivity contribution in [1.29, 1.82) is 0 Å². The number of hydrogen-bond donors (Lipinski definition) is 3. The molecule has 0 aliphatic carbocycles. The zero-order chi connectivity index (χ0) is 6.78. The monoisotopic (exact) mass is 152 g/mol. The summed E-state index contributed by atoms with van der Waals surface area (Å²) in [5, 5.41) is 8.67. The van der Waals surface area contributed by atoms with Gasteiger partial charge in [0.05, 0.1) is 11.2 Å². The Bertz CT molecular complexity index is 70.8. The van der Waals surface area contributed by atoms with Gasteiger partial charge in [0.15, 0.2) is 0 Å². The molecule has 1 N–H and O–H groups in total. The summed E-state index contributed by atoms with van der Waals surface area (Å²) in [5.74, 6) is 0. The van der Waals surface area contributed by atoms with Crippen LogP contribution in [-0.4, -0.2) is 16.3 Å². The maximum absolute atomic E-state index is 8.67. The fourth-order valence-corrected chi connectivity index (χ4v) is 0.245. The molecule has 0 rings (SSSR count). The predicted octanol–water partition coefficient (Wildman–Crippen LogP) is 1.19. The minimum absolute atomic E-state index is 0.0486. The third-order valence-electron chi connectivity index (χ3n) is 1.11. The standard InChI is InChI=1S/C5H12OS2/c1-5(2,3-6)4(7)8/h4,6-8H,3H2,1-2H3. The molecule has 1 nitrogen and oxygen atoms in total. The third-order valence-corrected chi connectivity index (χ3v) is 2.50. The van der Waals surface area contributed by atoms with Crippen molar-refractivity contribution in [1.82, 2.24) is 0 Å². The molecule has 3 heteroatoms. The van der Waals surface area contributed by atoms with Crippen LogP contribution in [0.2, 0.25) is 0 Å². The fraction of sp³-hybridized carbons (Fsp3) is 1.00. The highest BCUT2D eigenvalue weighted by Crippen LogP contribution is 2.26. The molecule has 8 heavy (non-hydrogen) atoms. The molecular weight excluding hydrogens is 140 g/mol. The molecule has 0 amide bonds. The van der Waals surface area contributed by atoms with Gasteiger partial charge in [-0.05, 0) is 0 Å². The van der Waals surface area contributed by atoms with Crippen molar-refractivity contribution in [2.24, 2.45) is 5.41 Å². The Labute approximate surface area is 61.3 Å². The van der Waals surface area contributed by atoms with Crippen molar-refractivity contribution in [3.63, 3.8) is 0 Å². The van der Waals surface area contributed by atoms with Crippen LogP contribution in [0.1, 0.15) is 13.8 Å². The van der Waals surface area contributed by atoms with Crippen LogP contribution in [0.15, 0.2) is 0 Å². The lowest BCUT2D eigenvalue weighted by atomic mass is 9.98. The lowest BCUT2D eigenvalue weighted by Crippen LogP contribution is -2.24. The Morgan fingerprint density at radius 1 is 1.50 bits per heavy atom. The molecule has 0 heterocycles.